The molecule has 106 valence electrons. The van der Waals surface area contributed by atoms with Crippen molar-refractivity contribution >= 4 is 16.9 Å². The number of benzene rings is 1. The number of aromatic nitrogens is 3. The number of carbonyl (C=O) groups is 1. The van der Waals surface area contributed by atoms with E-state index in [9.17, 15) is 4.79 Å². The molecule has 21 heavy (non-hydrogen) atoms. The number of fused-ring (bicyclic) bond motifs is 4. The van der Waals surface area contributed by atoms with Gasteiger partial charge in [0.2, 0.25) is 0 Å². The minimum Gasteiger partial charge on any atom is -0.464 e. The number of carbonyl (C=O) groups excluding carboxylic acids is 1. The molecule has 3 aromatic rings. The van der Waals surface area contributed by atoms with Gasteiger partial charge in [-0.2, -0.15) is 0 Å². The van der Waals surface area contributed by atoms with Crippen LogP contribution in [0.5, 0.6) is 0 Å². The first-order valence-electron chi connectivity index (χ1n) is 6.92. The van der Waals surface area contributed by atoms with Crippen molar-refractivity contribution < 1.29 is 9.53 Å². The molecule has 3 heterocycles. The SMILES string of the molecule is COC(=O)c1nc2n(c1C)Cc1[nH]c3ccccc3c1C2. The standard InChI is InChI=1S/C16H15N3O2/c1-9-15(16(20)21-2)18-14-7-11-10-5-3-4-6-12(10)17-13(11)8-19(9)14/h3-6,17H,7-8H2,1-2H3. The van der Waals surface area contributed by atoms with Gasteiger partial charge in [-0.15, -0.1) is 0 Å². The molecule has 0 amide bonds. The van der Waals surface area contributed by atoms with Crippen molar-refractivity contribution in [3.63, 3.8) is 0 Å². The van der Waals surface area contributed by atoms with Crippen molar-refractivity contribution in [3.8, 4) is 0 Å². The van der Waals surface area contributed by atoms with Gasteiger partial charge in [-0.3, -0.25) is 0 Å². The van der Waals surface area contributed by atoms with Crippen LogP contribution in [-0.4, -0.2) is 27.6 Å². The number of H-pyrrole nitrogens is 1. The van der Waals surface area contributed by atoms with Crippen LogP contribution in [0.25, 0.3) is 10.9 Å². The minimum atomic E-state index is -0.372. The van der Waals surface area contributed by atoms with Crippen molar-refractivity contribution in [3.05, 3.63) is 52.7 Å². The van der Waals surface area contributed by atoms with Crippen molar-refractivity contribution in [2.24, 2.45) is 0 Å². The summed E-state index contributed by atoms with van der Waals surface area (Å²) in [6, 6.07) is 8.28. The molecule has 0 saturated carbocycles. The Morgan fingerprint density at radius 2 is 2.19 bits per heavy atom. The van der Waals surface area contributed by atoms with Crippen LogP contribution in [-0.2, 0) is 17.7 Å². The van der Waals surface area contributed by atoms with E-state index >= 15 is 0 Å². The molecular formula is C16H15N3O2. The van der Waals surface area contributed by atoms with Gasteiger partial charge in [-0.05, 0) is 18.6 Å². The summed E-state index contributed by atoms with van der Waals surface area (Å²) in [6.07, 6.45) is 0.733. The van der Waals surface area contributed by atoms with Crippen LogP contribution < -0.4 is 0 Å². The molecule has 0 saturated heterocycles. The summed E-state index contributed by atoms with van der Waals surface area (Å²) in [5.74, 6) is 0.549. The number of nitrogens with zero attached hydrogens (tertiary/aromatic N) is 2. The van der Waals surface area contributed by atoms with Crippen LogP contribution in [0, 0.1) is 6.92 Å². The van der Waals surface area contributed by atoms with E-state index in [-0.39, 0.29) is 5.97 Å². The highest BCUT2D eigenvalue weighted by Crippen LogP contribution is 2.30. The molecule has 1 aliphatic heterocycles. The number of nitrogens with one attached hydrogen (secondary N) is 1. The highest BCUT2D eigenvalue weighted by molar-refractivity contribution is 5.89. The first kappa shape index (κ1) is 12.2. The summed E-state index contributed by atoms with van der Waals surface area (Å²) < 4.78 is 6.89. The lowest BCUT2D eigenvalue weighted by molar-refractivity contribution is 0.0593. The Hall–Kier alpha value is -2.56. The molecule has 1 aliphatic rings. The topological polar surface area (TPSA) is 59.9 Å². The van der Waals surface area contributed by atoms with E-state index in [2.05, 4.69) is 26.7 Å². The number of methoxy groups -OCH3 is 1. The molecule has 5 heteroatoms. The molecule has 0 spiro atoms. The Balaban J connectivity index is 1.86. The number of esters is 1. The van der Waals surface area contributed by atoms with Crippen molar-refractivity contribution in [1.82, 2.24) is 14.5 Å². The Labute approximate surface area is 121 Å². The second-order valence-electron chi connectivity index (χ2n) is 5.34. The van der Waals surface area contributed by atoms with Crippen LogP contribution >= 0.6 is 0 Å². The summed E-state index contributed by atoms with van der Waals surface area (Å²) >= 11 is 0. The first-order valence-corrected chi connectivity index (χ1v) is 6.92. The van der Waals surface area contributed by atoms with Crippen LogP contribution in [0.1, 0.15) is 33.3 Å². The number of aromatic amines is 1. The third-order valence-corrected chi connectivity index (χ3v) is 4.23. The van der Waals surface area contributed by atoms with Crippen LogP contribution in [0.2, 0.25) is 0 Å². The van der Waals surface area contributed by atoms with Crippen LogP contribution in [0.4, 0.5) is 0 Å². The van der Waals surface area contributed by atoms with E-state index in [1.807, 2.05) is 19.1 Å². The Bertz CT molecular complexity index is 873. The summed E-state index contributed by atoms with van der Waals surface area (Å²) in [5.41, 5.74) is 4.90. The van der Waals surface area contributed by atoms with Crippen molar-refractivity contribution in [2.75, 3.05) is 7.11 Å². The zero-order valence-electron chi connectivity index (χ0n) is 11.9. The normalized spacial score (nSPS) is 13.0. The third-order valence-electron chi connectivity index (χ3n) is 4.23. The fraction of sp³-hybridized carbons (Fsp3) is 0.250. The van der Waals surface area contributed by atoms with Gasteiger partial charge in [0.15, 0.2) is 5.69 Å². The number of hydrogen-bond donors (Lipinski definition) is 1. The number of rotatable bonds is 1. The number of ether oxygens (including phenoxy) is 1. The summed E-state index contributed by atoms with van der Waals surface area (Å²) in [4.78, 5) is 19.7. The average molecular weight is 281 g/mol. The van der Waals surface area contributed by atoms with Gasteiger partial charge in [0.1, 0.15) is 5.82 Å². The molecule has 0 atom stereocenters. The highest BCUT2D eigenvalue weighted by atomic mass is 16.5. The Morgan fingerprint density at radius 1 is 1.38 bits per heavy atom. The fourth-order valence-corrected chi connectivity index (χ4v) is 3.14. The minimum absolute atomic E-state index is 0.372. The van der Waals surface area contributed by atoms with Gasteiger partial charge >= 0.3 is 5.97 Å². The molecule has 2 aromatic heterocycles. The molecule has 1 N–H and O–H groups in total. The van der Waals surface area contributed by atoms with Crippen LogP contribution in [0.3, 0.4) is 0 Å². The van der Waals surface area contributed by atoms with Gasteiger partial charge in [0, 0.05) is 28.7 Å². The predicted molar refractivity (Wildman–Crippen MR) is 78.5 cm³/mol. The maximum Gasteiger partial charge on any atom is 0.358 e. The second kappa shape index (κ2) is 4.22. The fourth-order valence-electron chi connectivity index (χ4n) is 3.14. The quantitative estimate of drug-likeness (QED) is 0.545. The first-order chi connectivity index (χ1) is 10.2. The van der Waals surface area contributed by atoms with Crippen LogP contribution in [0.15, 0.2) is 24.3 Å². The van der Waals surface area contributed by atoms with E-state index in [0.29, 0.717) is 5.69 Å². The number of para-hydroxylation sites is 1. The predicted octanol–water partition coefficient (Wildman–Crippen LogP) is 2.41. The van der Waals surface area contributed by atoms with E-state index < -0.39 is 0 Å². The number of hydrogen-bond acceptors (Lipinski definition) is 3. The van der Waals surface area contributed by atoms with Gasteiger partial charge in [-0.25, -0.2) is 9.78 Å². The van der Waals surface area contributed by atoms with E-state index in [0.717, 1.165) is 30.0 Å². The molecule has 0 unspecified atom stereocenters. The zero-order valence-corrected chi connectivity index (χ0v) is 11.9. The van der Waals surface area contributed by atoms with Crippen molar-refractivity contribution in [2.45, 2.75) is 19.9 Å². The van der Waals surface area contributed by atoms with Gasteiger partial charge in [0.25, 0.3) is 0 Å². The lowest BCUT2D eigenvalue weighted by Crippen LogP contribution is -2.14. The third kappa shape index (κ3) is 1.63. The van der Waals surface area contributed by atoms with E-state index in [1.165, 1.54) is 23.8 Å². The molecule has 0 aliphatic carbocycles. The molecule has 0 radical (unpaired) electrons. The monoisotopic (exact) mass is 281 g/mol. The smallest absolute Gasteiger partial charge is 0.358 e. The number of imidazole rings is 1. The van der Waals surface area contributed by atoms with Crippen molar-refractivity contribution in [1.29, 1.82) is 0 Å². The maximum absolute atomic E-state index is 11.8. The molecule has 1 aromatic carbocycles. The summed E-state index contributed by atoms with van der Waals surface area (Å²) in [7, 11) is 1.39. The van der Waals surface area contributed by atoms with Gasteiger partial charge in [-0.1, -0.05) is 18.2 Å². The molecule has 0 bridgehead atoms. The summed E-state index contributed by atoms with van der Waals surface area (Å²) in [5, 5.41) is 1.24. The lowest BCUT2D eigenvalue weighted by atomic mass is 10.0. The average Bonchev–Trinajstić information content (AvgIpc) is 3.02. The Kier molecular flexibility index (Phi) is 2.45. The van der Waals surface area contributed by atoms with Gasteiger partial charge in [0.05, 0.1) is 13.7 Å². The molecule has 4 rings (SSSR count). The maximum atomic E-state index is 11.8. The van der Waals surface area contributed by atoms with E-state index in [1.54, 1.807) is 0 Å². The summed E-state index contributed by atoms with van der Waals surface area (Å²) in [6.45, 7) is 2.63. The molecular weight excluding hydrogens is 266 g/mol. The molecule has 5 nitrogen and oxygen atoms in total. The second-order valence-corrected chi connectivity index (χ2v) is 5.34. The van der Waals surface area contributed by atoms with Gasteiger partial charge < -0.3 is 14.3 Å². The lowest BCUT2D eigenvalue weighted by Gasteiger charge is -2.16. The zero-order chi connectivity index (χ0) is 14.6. The highest BCUT2D eigenvalue weighted by Gasteiger charge is 2.26. The largest absolute Gasteiger partial charge is 0.464 e. The molecule has 0 fully saturated rings. The Morgan fingerprint density at radius 3 is 3.00 bits per heavy atom. The van der Waals surface area contributed by atoms with E-state index in [4.69, 9.17) is 4.74 Å².